The van der Waals surface area contributed by atoms with Crippen LogP contribution >= 0.6 is 24.0 Å². The lowest BCUT2D eigenvalue weighted by molar-refractivity contribution is -0.126. The Bertz CT molecular complexity index is 321. The summed E-state index contributed by atoms with van der Waals surface area (Å²) < 4.78 is 0. The highest BCUT2D eigenvalue weighted by Crippen LogP contribution is 2.31. The number of hydrogen-bond acceptors (Lipinski definition) is 3. The minimum absolute atomic E-state index is 0.193. The highest BCUT2D eigenvalue weighted by atomic mass is 32.2. The van der Waals surface area contributed by atoms with Crippen molar-refractivity contribution in [2.24, 2.45) is 5.92 Å². The van der Waals surface area contributed by atoms with Gasteiger partial charge in [-0.2, -0.15) is 0 Å². The van der Waals surface area contributed by atoms with Gasteiger partial charge < -0.3 is 4.90 Å². The largest absolute Gasteiger partial charge is 0.303 e. The van der Waals surface area contributed by atoms with Crippen LogP contribution < -0.4 is 0 Å². The van der Waals surface area contributed by atoms with Crippen LogP contribution in [-0.2, 0) is 4.79 Å². The Balaban J connectivity index is 2.75. The number of allylic oxidation sites excluding steroid dienone is 1. The van der Waals surface area contributed by atoms with Crippen molar-refractivity contribution in [3.05, 3.63) is 11.1 Å². The van der Waals surface area contributed by atoms with Crippen LogP contribution in [0.25, 0.3) is 0 Å². The molecule has 1 aliphatic heterocycles. The van der Waals surface area contributed by atoms with Gasteiger partial charge in [-0.3, -0.25) is 4.79 Å². The van der Waals surface area contributed by atoms with Crippen molar-refractivity contribution in [3.8, 4) is 0 Å². The zero-order chi connectivity index (χ0) is 12.3. The van der Waals surface area contributed by atoms with E-state index in [0.717, 1.165) is 16.3 Å². The van der Waals surface area contributed by atoms with Crippen LogP contribution in [0, 0.1) is 5.92 Å². The maximum Gasteiger partial charge on any atom is 0.238 e. The standard InChI is InChI=1S/C12H19NOS2/c1-8(2)5-10(15)6-12-13(9(3)4)11(14)7-16-12/h6,8-9H,5,7H2,1-4H3/b12-6-. The molecule has 0 aromatic carbocycles. The van der Waals surface area contributed by atoms with E-state index in [2.05, 4.69) is 13.8 Å². The monoisotopic (exact) mass is 257 g/mol. The Morgan fingerprint density at radius 2 is 2.12 bits per heavy atom. The van der Waals surface area contributed by atoms with E-state index in [1.54, 1.807) is 11.8 Å². The van der Waals surface area contributed by atoms with Crippen molar-refractivity contribution in [1.29, 1.82) is 0 Å². The molecule has 1 amide bonds. The number of hydrogen-bond donors (Lipinski definition) is 0. The second kappa shape index (κ2) is 5.82. The molecule has 4 heteroatoms. The highest BCUT2D eigenvalue weighted by Gasteiger charge is 2.28. The summed E-state index contributed by atoms with van der Waals surface area (Å²) in [7, 11) is 0. The second-order valence-corrected chi connectivity index (χ2v) is 6.21. The van der Waals surface area contributed by atoms with E-state index in [9.17, 15) is 4.79 Å². The topological polar surface area (TPSA) is 20.3 Å². The van der Waals surface area contributed by atoms with Gasteiger partial charge in [0.15, 0.2) is 0 Å². The van der Waals surface area contributed by atoms with E-state index < -0.39 is 0 Å². The number of carbonyl (C=O) groups excluding carboxylic acids is 1. The summed E-state index contributed by atoms with van der Waals surface area (Å²) in [6.45, 7) is 8.36. The maximum absolute atomic E-state index is 11.7. The van der Waals surface area contributed by atoms with Crippen molar-refractivity contribution in [1.82, 2.24) is 4.90 Å². The number of thioether (sulfide) groups is 1. The molecule has 0 aromatic heterocycles. The third kappa shape index (κ3) is 3.59. The fourth-order valence-electron chi connectivity index (χ4n) is 1.65. The molecule has 90 valence electrons. The van der Waals surface area contributed by atoms with Crippen LogP contribution in [0.3, 0.4) is 0 Å². The minimum atomic E-state index is 0.193. The average molecular weight is 257 g/mol. The SMILES string of the molecule is CC(C)CC(=S)/C=C1\SCC(=O)N1C(C)C. The quantitative estimate of drug-likeness (QED) is 0.570. The van der Waals surface area contributed by atoms with Crippen LogP contribution in [0.1, 0.15) is 34.1 Å². The van der Waals surface area contributed by atoms with E-state index in [4.69, 9.17) is 12.2 Å². The van der Waals surface area contributed by atoms with Crippen molar-refractivity contribution < 1.29 is 4.79 Å². The normalized spacial score (nSPS) is 19.2. The fraction of sp³-hybridized carbons (Fsp3) is 0.667. The predicted molar refractivity (Wildman–Crippen MR) is 74.6 cm³/mol. The molecule has 0 bridgehead atoms. The van der Waals surface area contributed by atoms with E-state index in [-0.39, 0.29) is 11.9 Å². The van der Waals surface area contributed by atoms with Gasteiger partial charge in [0, 0.05) is 10.9 Å². The summed E-state index contributed by atoms with van der Waals surface area (Å²) >= 11 is 6.91. The molecule has 0 N–H and O–H groups in total. The van der Waals surface area contributed by atoms with Gasteiger partial charge in [0.2, 0.25) is 5.91 Å². The molecule has 0 unspecified atom stereocenters. The average Bonchev–Trinajstić information content (AvgIpc) is 2.45. The van der Waals surface area contributed by atoms with Gasteiger partial charge in [0.25, 0.3) is 0 Å². The van der Waals surface area contributed by atoms with Gasteiger partial charge >= 0.3 is 0 Å². The van der Waals surface area contributed by atoms with E-state index in [0.29, 0.717) is 11.7 Å². The van der Waals surface area contributed by atoms with Gasteiger partial charge in [-0.15, -0.1) is 0 Å². The van der Waals surface area contributed by atoms with E-state index in [1.165, 1.54) is 0 Å². The Kier molecular flexibility index (Phi) is 4.99. The first-order valence-electron chi connectivity index (χ1n) is 5.61. The predicted octanol–water partition coefficient (Wildman–Crippen LogP) is 3.23. The van der Waals surface area contributed by atoms with E-state index in [1.807, 2.05) is 24.8 Å². The minimum Gasteiger partial charge on any atom is -0.303 e. The first-order valence-corrected chi connectivity index (χ1v) is 7.00. The molecule has 1 heterocycles. The summed E-state index contributed by atoms with van der Waals surface area (Å²) in [5, 5.41) is 1.02. The van der Waals surface area contributed by atoms with Crippen LogP contribution in [0.4, 0.5) is 0 Å². The molecule has 0 atom stereocenters. The van der Waals surface area contributed by atoms with Gasteiger partial charge in [-0.05, 0) is 32.3 Å². The molecule has 1 rings (SSSR count). The number of carbonyl (C=O) groups is 1. The van der Waals surface area contributed by atoms with Crippen molar-refractivity contribution in [2.45, 2.75) is 40.2 Å². The summed E-state index contributed by atoms with van der Waals surface area (Å²) in [6, 6.07) is 0.218. The van der Waals surface area contributed by atoms with Crippen molar-refractivity contribution >= 4 is 34.8 Å². The lowest BCUT2D eigenvalue weighted by atomic mass is 10.1. The van der Waals surface area contributed by atoms with Crippen LogP contribution in [0.5, 0.6) is 0 Å². The maximum atomic E-state index is 11.7. The van der Waals surface area contributed by atoms with Gasteiger partial charge in [-0.1, -0.05) is 37.8 Å². The second-order valence-electron chi connectivity index (χ2n) is 4.69. The Morgan fingerprint density at radius 1 is 1.50 bits per heavy atom. The molecule has 1 aliphatic rings. The Hall–Kier alpha value is -0.350. The Labute approximate surface area is 107 Å². The summed E-state index contributed by atoms with van der Waals surface area (Å²) in [5.41, 5.74) is 0. The van der Waals surface area contributed by atoms with Gasteiger partial charge in [0.05, 0.1) is 10.8 Å². The summed E-state index contributed by atoms with van der Waals surface area (Å²) in [5.74, 6) is 1.31. The number of rotatable bonds is 4. The summed E-state index contributed by atoms with van der Waals surface area (Å²) in [6.07, 6.45) is 2.91. The first kappa shape index (κ1) is 13.7. The molecule has 1 saturated heterocycles. The zero-order valence-electron chi connectivity index (χ0n) is 10.3. The molecule has 16 heavy (non-hydrogen) atoms. The van der Waals surface area contributed by atoms with Gasteiger partial charge in [-0.25, -0.2) is 0 Å². The molecular formula is C12H19NOS2. The highest BCUT2D eigenvalue weighted by molar-refractivity contribution is 8.04. The van der Waals surface area contributed by atoms with E-state index >= 15 is 0 Å². The molecule has 0 aliphatic carbocycles. The number of nitrogens with zero attached hydrogens (tertiary/aromatic N) is 1. The molecular weight excluding hydrogens is 238 g/mol. The molecule has 0 saturated carbocycles. The van der Waals surface area contributed by atoms with Crippen LogP contribution in [0.15, 0.2) is 11.1 Å². The molecule has 0 aromatic rings. The number of thiocarbonyl (C=S) groups is 1. The Morgan fingerprint density at radius 3 is 2.62 bits per heavy atom. The summed E-state index contributed by atoms with van der Waals surface area (Å²) in [4.78, 5) is 14.4. The lowest BCUT2D eigenvalue weighted by Gasteiger charge is -2.21. The molecule has 2 nitrogen and oxygen atoms in total. The fourth-order valence-corrected chi connectivity index (χ4v) is 3.26. The van der Waals surface area contributed by atoms with Gasteiger partial charge in [0.1, 0.15) is 0 Å². The van der Waals surface area contributed by atoms with Crippen molar-refractivity contribution in [2.75, 3.05) is 5.75 Å². The van der Waals surface area contributed by atoms with Crippen LogP contribution in [-0.4, -0.2) is 27.5 Å². The van der Waals surface area contributed by atoms with Crippen molar-refractivity contribution in [3.63, 3.8) is 0 Å². The smallest absolute Gasteiger partial charge is 0.238 e. The lowest BCUT2D eigenvalue weighted by Crippen LogP contribution is -2.31. The third-order valence-electron chi connectivity index (χ3n) is 2.26. The number of amides is 1. The third-order valence-corrected chi connectivity index (χ3v) is 3.55. The molecule has 0 radical (unpaired) electrons. The molecule has 0 spiro atoms. The van der Waals surface area contributed by atoms with Crippen LogP contribution in [0.2, 0.25) is 0 Å². The molecule has 1 fully saturated rings. The zero-order valence-corrected chi connectivity index (χ0v) is 12.0. The first-order chi connectivity index (χ1) is 7.41.